The average Bonchev–Trinajstić information content (AvgIpc) is 0.689. The third-order valence-electron chi connectivity index (χ3n) is 22.3. The predicted molar refractivity (Wildman–Crippen MR) is 468 cm³/mol. The summed E-state index contributed by atoms with van der Waals surface area (Å²) in [7, 11) is 0. The molecule has 0 aliphatic carbocycles. The Labute approximate surface area is 651 Å². The van der Waals surface area contributed by atoms with Crippen LogP contribution in [-0.4, -0.2) is 13.4 Å². The van der Waals surface area contributed by atoms with Crippen LogP contribution in [0, 0.1) is 0 Å². The Morgan fingerprint density at radius 3 is 1.08 bits per heavy atom. The fourth-order valence-corrected chi connectivity index (χ4v) is 19.9. The van der Waals surface area contributed by atoms with Crippen LogP contribution in [0.25, 0.3) is 66.8 Å². The first kappa shape index (κ1) is 65.1. The van der Waals surface area contributed by atoms with Crippen molar-refractivity contribution in [2.24, 2.45) is 0 Å². The van der Waals surface area contributed by atoms with Crippen LogP contribution in [-0.2, 0) is 0 Å². The highest BCUT2D eigenvalue weighted by molar-refractivity contribution is 8.00. The molecule has 0 saturated carbocycles. The van der Waals surface area contributed by atoms with Crippen LogP contribution in [0.4, 0.5) is 68.2 Å². The van der Waals surface area contributed by atoms with E-state index < -0.39 is 0 Å². The monoisotopic (exact) mass is 1430 g/mol. The number of hydrogen-bond acceptors (Lipinski definition) is 6. The highest BCUT2D eigenvalue weighted by atomic mass is 32.2. The van der Waals surface area contributed by atoms with Crippen LogP contribution in [0.15, 0.2) is 432 Å². The van der Waals surface area contributed by atoms with Gasteiger partial charge in [0, 0.05) is 93.0 Å². The Hall–Kier alpha value is -13.2. The van der Waals surface area contributed by atoms with Gasteiger partial charge in [-0.2, -0.15) is 0 Å². The van der Waals surface area contributed by atoms with E-state index in [-0.39, 0.29) is 13.4 Å². The maximum absolute atomic E-state index is 2.71. The Balaban J connectivity index is 0.845. The summed E-state index contributed by atoms with van der Waals surface area (Å²) >= 11 is 3.82. The van der Waals surface area contributed by atoms with E-state index in [9.17, 15) is 0 Å². The molecule has 0 saturated heterocycles. The van der Waals surface area contributed by atoms with Gasteiger partial charge in [-0.25, -0.2) is 0 Å². The van der Waals surface area contributed by atoms with Crippen LogP contribution in [0.5, 0.6) is 0 Å². The van der Waals surface area contributed by atoms with Crippen molar-refractivity contribution in [1.82, 2.24) is 0 Å². The molecule has 0 atom stereocenters. The van der Waals surface area contributed by atoms with Crippen molar-refractivity contribution in [3.8, 4) is 66.8 Å². The fourth-order valence-electron chi connectivity index (χ4n) is 17.5. The van der Waals surface area contributed by atoms with E-state index in [0.717, 1.165) is 124 Å². The summed E-state index contributed by atoms with van der Waals surface area (Å²) in [5.41, 5.74) is 34.8. The molecule has 0 aromatic heterocycles. The van der Waals surface area contributed by atoms with E-state index in [2.05, 4.69) is 432 Å². The first-order chi connectivity index (χ1) is 54.6. The maximum atomic E-state index is 2.71. The number of fused-ring (bicyclic) bond motifs is 8. The summed E-state index contributed by atoms with van der Waals surface area (Å²) in [4.78, 5) is 15.2. The molecule has 4 nitrogen and oxygen atoms in total. The minimum Gasteiger partial charge on any atom is -0.311 e. The molecule has 0 N–H and O–H groups in total. The highest BCUT2D eigenvalue weighted by Gasteiger charge is 2.47. The van der Waals surface area contributed by atoms with Gasteiger partial charge in [-0.1, -0.05) is 356 Å². The third-order valence-corrected chi connectivity index (χ3v) is 24.6. The summed E-state index contributed by atoms with van der Waals surface area (Å²) in [5, 5.41) is 0. The SMILES string of the molecule is c1ccc(-c2ccc(N(c3cc4c5c(c3)N(c3ccccc3)c3ccccc3B5c3cc5c(cc3S4)N(c3c(-c4ccccc4)cccc3-c3ccccc3)c3cc(N(c4ccc(-c6ccccc6)cc4)c4ccccc4-c4ccccc4)cc4c3B5c3ccccc3S4)c3ccccc3-c3ccccc3)cc2)cc1. The van der Waals surface area contributed by atoms with Crippen molar-refractivity contribution in [2.75, 3.05) is 19.6 Å². The van der Waals surface area contributed by atoms with Crippen LogP contribution in [0.1, 0.15) is 0 Å². The molecule has 4 aliphatic rings. The molecular weight excluding hydrogens is 1370 g/mol. The summed E-state index contributed by atoms with van der Waals surface area (Å²) in [6.07, 6.45) is 0. The molecule has 21 rings (SSSR count). The lowest BCUT2D eigenvalue weighted by molar-refractivity contribution is 1.22. The Kier molecular flexibility index (Phi) is 16.3. The van der Waals surface area contributed by atoms with Gasteiger partial charge in [-0.05, 0) is 157 Å². The molecule has 514 valence electrons. The molecule has 17 aromatic rings. The topological polar surface area (TPSA) is 13.0 Å². The van der Waals surface area contributed by atoms with Gasteiger partial charge in [0.05, 0.1) is 17.1 Å². The zero-order valence-corrected chi connectivity index (χ0v) is 61.7. The molecule has 0 amide bonds. The average molecular weight is 1440 g/mol. The van der Waals surface area contributed by atoms with E-state index in [4.69, 9.17) is 0 Å². The van der Waals surface area contributed by atoms with E-state index in [1.807, 2.05) is 23.5 Å². The van der Waals surface area contributed by atoms with Crippen molar-refractivity contribution < 1.29 is 0 Å². The minimum atomic E-state index is -0.151. The smallest absolute Gasteiger partial charge is 0.249 e. The van der Waals surface area contributed by atoms with Gasteiger partial charge in [-0.3, -0.25) is 0 Å². The molecule has 17 aromatic carbocycles. The normalized spacial score (nSPS) is 12.6. The first-order valence-corrected chi connectivity index (χ1v) is 39.4. The maximum Gasteiger partial charge on any atom is 0.249 e. The van der Waals surface area contributed by atoms with Crippen molar-refractivity contribution in [3.63, 3.8) is 0 Å². The lowest BCUT2D eigenvalue weighted by atomic mass is 9.31. The van der Waals surface area contributed by atoms with Crippen LogP contribution >= 0.6 is 23.5 Å². The number of nitrogens with zero attached hydrogens (tertiary/aromatic N) is 4. The van der Waals surface area contributed by atoms with E-state index in [0.29, 0.717) is 0 Å². The zero-order valence-electron chi connectivity index (χ0n) is 60.0. The van der Waals surface area contributed by atoms with Crippen LogP contribution in [0.3, 0.4) is 0 Å². The van der Waals surface area contributed by atoms with Gasteiger partial charge >= 0.3 is 0 Å². The van der Waals surface area contributed by atoms with Gasteiger partial charge in [0.15, 0.2) is 0 Å². The Morgan fingerprint density at radius 1 is 0.209 bits per heavy atom. The number of rotatable bonds is 14. The Morgan fingerprint density at radius 2 is 0.582 bits per heavy atom. The highest BCUT2D eigenvalue weighted by Crippen LogP contribution is 2.55. The van der Waals surface area contributed by atoms with E-state index in [1.165, 1.54) is 63.5 Å². The summed E-state index contributed by atoms with van der Waals surface area (Å²) in [5.74, 6) is 0. The van der Waals surface area contributed by atoms with Gasteiger partial charge < -0.3 is 19.6 Å². The van der Waals surface area contributed by atoms with Crippen LogP contribution in [0.2, 0.25) is 0 Å². The second-order valence-electron chi connectivity index (χ2n) is 28.6. The first-order valence-electron chi connectivity index (χ1n) is 37.8. The fraction of sp³-hybridized carbons (Fsp3) is 0. The van der Waals surface area contributed by atoms with Crippen molar-refractivity contribution >= 4 is 138 Å². The molecule has 0 bridgehead atoms. The molecule has 0 unspecified atom stereocenters. The molecule has 0 spiro atoms. The summed E-state index contributed by atoms with van der Waals surface area (Å²) in [6.45, 7) is -0.295. The van der Waals surface area contributed by atoms with Crippen molar-refractivity contribution in [2.45, 2.75) is 19.6 Å². The second-order valence-corrected chi connectivity index (χ2v) is 30.7. The summed E-state index contributed by atoms with van der Waals surface area (Å²) < 4.78 is 0. The Bertz CT molecular complexity index is 6300. The number of para-hydroxylation sites is 5. The van der Waals surface area contributed by atoms with E-state index in [1.54, 1.807) is 0 Å². The lowest BCUT2D eigenvalue weighted by Gasteiger charge is -2.44. The van der Waals surface area contributed by atoms with E-state index >= 15 is 0 Å². The number of anilines is 12. The molecule has 0 radical (unpaired) electrons. The van der Waals surface area contributed by atoms with Gasteiger partial charge in [-0.15, -0.1) is 0 Å². The number of benzene rings is 17. The van der Waals surface area contributed by atoms with Gasteiger partial charge in [0.2, 0.25) is 13.4 Å². The van der Waals surface area contributed by atoms with Gasteiger partial charge in [0.1, 0.15) is 0 Å². The second kappa shape index (κ2) is 27.5. The van der Waals surface area contributed by atoms with Gasteiger partial charge in [0.25, 0.3) is 0 Å². The molecule has 0 fully saturated rings. The molecule has 4 aliphatic heterocycles. The predicted octanol–water partition coefficient (Wildman–Crippen LogP) is 24.2. The van der Waals surface area contributed by atoms with Crippen molar-refractivity contribution in [3.05, 3.63) is 413 Å². The third kappa shape index (κ3) is 11.2. The quantitative estimate of drug-likeness (QED) is 0.0999. The molecule has 110 heavy (non-hydrogen) atoms. The minimum absolute atomic E-state index is 0.144. The largest absolute Gasteiger partial charge is 0.311 e. The van der Waals surface area contributed by atoms with Crippen LogP contribution < -0.4 is 52.4 Å². The molecule has 8 heteroatoms. The lowest BCUT2D eigenvalue weighted by Crippen LogP contribution is -2.64. The zero-order chi connectivity index (χ0) is 72.6. The molecule has 4 heterocycles. The number of hydrogen-bond donors (Lipinski definition) is 0. The molecular formula is C102H68B2N4S2. The van der Waals surface area contributed by atoms with Crippen molar-refractivity contribution in [1.29, 1.82) is 0 Å². The standard InChI is InChI=1S/C102H68B2N4S2/c1-8-31-69(32-9-1)71-55-59-78(60-56-71)105(90-51-26-22-45-82(90)73-35-12-3-13-36-73)80-63-94-100-99(66-80)110-97-68-93-88(67-89(97)103(100)86-49-24-28-53-92(86)107(94)77-43-20-7-21-44-77)104-87-50-25-29-54-96(87)109-98-65-81(64-95(101(98)104)108(93)102-84(75-39-16-5-17-40-75)47-30-48-85(102)76-41-18-6-19-42-76)106(79-61-57-72(58-62-79)70-33-10-2-11-34-70)91-52-27-23-46-83(91)74-37-14-4-15-38-74/h1-68H. The summed E-state index contributed by atoms with van der Waals surface area (Å²) in [6, 6.07) is 153.